The van der Waals surface area contributed by atoms with Crippen LogP contribution < -0.4 is 10.6 Å². The molecule has 1 aromatic heterocycles. The average molecular weight is 570 g/mol. The van der Waals surface area contributed by atoms with E-state index in [1.807, 2.05) is 75.5 Å². The van der Waals surface area contributed by atoms with Gasteiger partial charge in [0.2, 0.25) is 5.96 Å². The maximum Gasteiger partial charge on any atom is 0.407 e. The smallest absolute Gasteiger partial charge is 0.407 e. The van der Waals surface area contributed by atoms with Crippen molar-refractivity contribution < 1.29 is 14.3 Å². The van der Waals surface area contributed by atoms with Gasteiger partial charge in [0.1, 0.15) is 5.60 Å². The highest BCUT2D eigenvalue weighted by molar-refractivity contribution is 7.15. The summed E-state index contributed by atoms with van der Waals surface area (Å²) in [7, 11) is 0. The van der Waals surface area contributed by atoms with Gasteiger partial charge in [0.05, 0.1) is 17.5 Å². The van der Waals surface area contributed by atoms with E-state index < -0.39 is 11.7 Å². The van der Waals surface area contributed by atoms with Gasteiger partial charge < -0.3 is 20.3 Å². The van der Waals surface area contributed by atoms with Crippen LogP contribution in [0.1, 0.15) is 53.7 Å². The number of anilines is 1. The van der Waals surface area contributed by atoms with Crippen LogP contribution in [0, 0.1) is 0 Å². The van der Waals surface area contributed by atoms with Gasteiger partial charge >= 0.3 is 6.09 Å². The highest BCUT2D eigenvalue weighted by Crippen LogP contribution is 2.28. The first-order valence-electron chi connectivity index (χ1n) is 13.8. The normalized spacial score (nSPS) is 19.8. The van der Waals surface area contributed by atoms with E-state index in [0.717, 1.165) is 27.3 Å². The second-order valence-corrected chi connectivity index (χ2v) is 12.1. The third kappa shape index (κ3) is 7.70. The number of aliphatic imine (C=N–C) groups is 2. The van der Waals surface area contributed by atoms with Crippen molar-refractivity contribution in [3.05, 3.63) is 82.1 Å². The van der Waals surface area contributed by atoms with Gasteiger partial charge in [0, 0.05) is 36.3 Å². The summed E-state index contributed by atoms with van der Waals surface area (Å²) in [6, 6.07) is 20.2. The molecule has 1 fully saturated rings. The Labute approximate surface area is 244 Å². The van der Waals surface area contributed by atoms with Crippen molar-refractivity contribution in [3.63, 3.8) is 0 Å². The van der Waals surface area contributed by atoms with Crippen LogP contribution in [0.2, 0.25) is 0 Å². The van der Waals surface area contributed by atoms with Gasteiger partial charge in [0.15, 0.2) is 0 Å². The van der Waals surface area contributed by atoms with Crippen LogP contribution in [0.3, 0.4) is 0 Å². The number of nitrogens with zero attached hydrogens (tertiary/aromatic N) is 3. The number of alkyl carbamates (subject to hydrolysis) is 1. The van der Waals surface area contributed by atoms with E-state index >= 15 is 0 Å². The molecule has 1 unspecified atom stereocenters. The zero-order valence-corrected chi connectivity index (χ0v) is 24.4. The Morgan fingerprint density at radius 2 is 1.85 bits per heavy atom. The van der Waals surface area contributed by atoms with E-state index in [2.05, 4.69) is 39.9 Å². The summed E-state index contributed by atoms with van der Waals surface area (Å²) >= 11 is 1.47. The molecule has 212 valence electrons. The fourth-order valence-electron chi connectivity index (χ4n) is 4.69. The number of thiophene rings is 1. The Hall–Kier alpha value is -4.24. The molecule has 2 aliphatic heterocycles. The quantitative estimate of drug-likeness (QED) is 0.370. The number of benzene rings is 2. The number of rotatable bonds is 4. The Balaban J connectivity index is 1.26. The van der Waals surface area contributed by atoms with Crippen LogP contribution in [0.5, 0.6) is 0 Å². The topological polar surface area (TPSA) is 95.4 Å². The summed E-state index contributed by atoms with van der Waals surface area (Å²) in [6.07, 6.45) is 6.80. The fourth-order valence-corrected chi connectivity index (χ4v) is 5.76. The maximum atomic E-state index is 13.4. The van der Waals surface area contributed by atoms with Crippen LogP contribution in [0.15, 0.2) is 76.7 Å². The number of amides is 2. The molecule has 1 saturated heterocycles. The van der Waals surface area contributed by atoms with Crippen molar-refractivity contribution >= 4 is 47.3 Å². The molecule has 8 nitrogen and oxygen atoms in total. The van der Waals surface area contributed by atoms with Crippen molar-refractivity contribution in [2.75, 3.05) is 18.4 Å². The second-order valence-electron chi connectivity index (χ2n) is 11.0. The van der Waals surface area contributed by atoms with Crippen molar-refractivity contribution in [2.45, 2.75) is 51.8 Å². The maximum absolute atomic E-state index is 13.4. The van der Waals surface area contributed by atoms with Crippen molar-refractivity contribution in [2.24, 2.45) is 9.98 Å². The van der Waals surface area contributed by atoms with Crippen molar-refractivity contribution in [1.29, 1.82) is 0 Å². The van der Waals surface area contributed by atoms with Gasteiger partial charge in [-0.3, -0.25) is 4.79 Å². The van der Waals surface area contributed by atoms with E-state index in [9.17, 15) is 9.59 Å². The molecule has 5 rings (SSSR count). The molecule has 2 aliphatic rings. The first-order chi connectivity index (χ1) is 19.7. The van der Waals surface area contributed by atoms with Crippen LogP contribution >= 0.6 is 11.3 Å². The van der Waals surface area contributed by atoms with Gasteiger partial charge in [-0.15, -0.1) is 11.3 Å². The third-order valence-corrected chi connectivity index (χ3v) is 7.73. The lowest BCUT2D eigenvalue weighted by molar-refractivity contribution is 0.0502. The van der Waals surface area contributed by atoms with E-state index in [1.165, 1.54) is 11.3 Å². The minimum atomic E-state index is -0.563. The van der Waals surface area contributed by atoms with E-state index in [0.29, 0.717) is 43.3 Å². The number of likely N-dealkylation sites (tertiary alicyclic amines) is 1. The Bertz CT molecular complexity index is 1490. The van der Waals surface area contributed by atoms with Gasteiger partial charge in [-0.1, -0.05) is 48.5 Å². The van der Waals surface area contributed by atoms with Crippen molar-refractivity contribution in [1.82, 2.24) is 10.2 Å². The van der Waals surface area contributed by atoms with Gasteiger partial charge in [-0.25, -0.2) is 14.8 Å². The van der Waals surface area contributed by atoms with Crippen LogP contribution in [0.25, 0.3) is 17.2 Å². The molecule has 0 bridgehead atoms. The molecule has 0 radical (unpaired) electrons. The predicted molar refractivity (Wildman–Crippen MR) is 167 cm³/mol. The number of hydrogen-bond donors (Lipinski definition) is 2. The molecule has 2 aromatic carbocycles. The number of ether oxygens (including phenoxy) is 1. The van der Waals surface area contributed by atoms with E-state index in [4.69, 9.17) is 9.73 Å². The minimum Gasteiger partial charge on any atom is -0.444 e. The molecule has 3 aromatic rings. The lowest BCUT2D eigenvalue weighted by Crippen LogP contribution is -2.41. The average Bonchev–Trinajstić information content (AvgIpc) is 3.58. The lowest BCUT2D eigenvalue weighted by Gasteiger charge is -2.22. The Morgan fingerprint density at radius 1 is 1.05 bits per heavy atom. The first kappa shape index (κ1) is 28.3. The SMILES string of the molecule is CC(C)(C)OC(=O)NC1CCN(C(=O)c2cc3c(s2)/C=C\C/C=N\C(Nc2cccc(-c4ccccc4)c2)=N/C3)C1. The molecular formula is C32H35N5O3S. The monoisotopic (exact) mass is 569 g/mol. The molecule has 3 heterocycles. The molecule has 1 atom stereocenters. The number of carbonyl (C=O) groups excluding carboxylic acids is 2. The second kappa shape index (κ2) is 12.5. The number of guanidine groups is 1. The summed E-state index contributed by atoms with van der Waals surface area (Å²) < 4.78 is 5.36. The number of fused-ring (bicyclic) bond motifs is 1. The van der Waals surface area contributed by atoms with Gasteiger partial charge in [-0.05, 0) is 68.2 Å². The van der Waals surface area contributed by atoms with E-state index in [1.54, 1.807) is 4.90 Å². The highest BCUT2D eigenvalue weighted by Gasteiger charge is 2.30. The number of allylic oxidation sites excluding steroid dienone is 1. The van der Waals surface area contributed by atoms with E-state index in [-0.39, 0.29) is 11.9 Å². The molecule has 2 amide bonds. The Kier molecular flexibility index (Phi) is 8.64. The molecule has 0 spiro atoms. The van der Waals surface area contributed by atoms with Crippen LogP contribution in [0.4, 0.5) is 10.5 Å². The van der Waals surface area contributed by atoms with Crippen LogP contribution in [-0.4, -0.2) is 53.8 Å². The van der Waals surface area contributed by atoms with Gasteiger partial charge in [-0.2, -0.15) is 0 Å². The standard InChI is InChI=1S/C32H35N5O3S/c1-32(2,3)40-31(39)36-26-15-17-37(21-26)29(38)28-19-24-20-34-30(33-16-8-7-14-27(24)41-28)35-25-13-9-12-23(18-25)22-10-5-4-6-11-22/h4-7,9-14,16,18-19,26H,8,15,17,20-21H2,1-3H3,(H,34,35)(H,36,39)/b14-7-,33-16-. The molecular weight excluding hydrogens is 534 g/mol. The zero-order valence-electron chi connectivity index (χ0n) is 23.6. The molecule has 2 N–H and O–H groups in total. The van der Waals surface area contributed by atoms with Crippen LogP contribution in [-0.2, 0) is 11.3 Å². The fraction of sp³-hybridized carbons (Fsp3) is 0.312. The number of nitrogens with one attached hydrogen (secondary N) is 2. The van der Waals surface area contributed by atoms with Crippen molar-refractivity contribution in [3.8, 4) is 11.1 Å². The first-order valence-corrected chi connectivity index (χ1v) is 14.6. The molecule has 0 saturated carbocycles. The summed E-state index contributed by atoms with van der Waals surface area (Å²) in [6.45, 7) is 6.92. The number of hydrogen-bond acceptors (Lipinski definition) is 7. The summed E-state index contributed by atoms with van der Waals surface area (Å²) in [4.78, 5) is 38.3. The number of carbonyl (C=O) groups is 2. The largest absolute Gasteiger partial charge is 0.444 e. The zero-order chi connectivity index (χ0) is 28.8. The molecule has 9 heteroatoms. The summed E-state index contributed by atoms with van der Waals surface area (Å²) in [5.74, 6) is 0.488. The van der Waals surface area contributed by atoms with Gasteiger partial charge in [0.25, 0.3) is 5.91 Å². The lowest BCUT2D eigenvalue weighted by atomic mass is 10.1. The Morgan fingerprint density at radius 3 is 2.66 bits per heavy atom. The summed E-state index contributed by atoms with van der Waals surface area (Å²) in [5.41, 5.74) is 3.57. The summed E-state index contributed by atoms with van der Waals surface area (Å²) in [5, 5.41) is 6.25. The third-order valence-electron chi connectivity index (χ3n) is 6.60. The minimum absolute atomic E-state index is 0.0319. The molecule has 41 heavy (non-hydrogen) atoms. The highest BCUT2D eigenvalue weighted by atomic mass is 32.1. The molecule has 0 aliphatic carbocycles. The predicted octanol–water partition coefficient (Wildman–Crippen LogP) is 6.61.